The third-order valence-electron chi connectivity index (χ3n) is 3.45. The number of anilines is 2. The highest BCUT2D eigenvalue weighted by Gasteiger charge is 2.23. The lowest BCUT2D eigenvalue weighted by molar-refractivity contribution is -0.119. The first-order valence-electron chi connectivity index (χ1n) is 6.66. The minimum absolute atomic E-state index is 0.0405. The molecule has 1 fully saturated rings. The molecule has 0 bridgehead atoms. The van der Waals surface area contributed by atoms with Gasteiger partial charge in [0.15, 0.2) is 0 Å². The number of carbonyl (C=O) groups is 1. The first-order valence-corrected chi connectivity index (χ1v) is 8.10. The monoisotopic (exact) mass is 312 g/mol. The van der Waals surface area contributed by atoms with Gasteiger partial charge >= 0.3 is 0 Å². The van der Waals surface area contributed by atoms with E-state index in [1.807, 2.05) is 0 Å². The Hall–Kier alpha value is -1.80. The number of benzene rings is 1. The van der Waals surface area contributed by atoms with Crippen molar-refractivity contribution in [3.63, 3.8) is 0 Å². The number of para-hydroxylation sites is 1. The van der Waals surface area contributed by atoms with Gasteiger partial charge < -0.3 is 16.4 Å². The predicted molar refractivity (Wildman–Crippen MR) is 81.4 cm³/mol. The van der Waals surface area contributed by atoms with Crippen molar-refractivity contribution in [3.05, 3.63) is 18.2 Å². The number of amides is 1. The summed E-state index contributed by atoms with van der Waals surface area (Å²) in [6, 6.07) is 4.89. The van der Waals surface area contributed by atoms with E-state index in [4.69, 9.17) is 5.73 Å². The summed E-state index contributed by atoms with van der Waals surface area (Å²) in [7, 11) is -0.655. The molecule has 0 spiro atoms. The molecule has 1 unspecified atom stereocenters. The zero-order chi connectivity index (χ0) is 15.6. The SMILES string of the molecule is CN(C)S(=O)(=O)c1cccc(NCC2CCC(=O)N2)c1N. The van der Waals surface area contributed by atoms with Crippen molar-refractivity contribution in [1.82, 2.24) is 9.62 Å². The molecule has 2 rings (SSSR count). The molecule has 21 heavy (non-hydrogen) atoms. The summed E-state index contributed by atoms with van der Waals surface area (Å²) in [5, 5.41) is 5.94. The van der Waals surface area contributed by atoms with Crippen molar-refractivity contribution < 1.29 is 13.2 Å². The number of rotatable bonds is 5. The second-order valence-corrected chi connectivity index (χ2v) is 7.31. The molecule has 7 nitrogen and oxygen atoms in total. The minimum atomic E-state index is -3.58. The van der Waals surface area contributed by atoms with Gasteiger partial charge in [0, 0.05) is 33.1 Å². The van der Waals surface area contributed by atoms with Crippen LogP contribution in [0.2, 0.25) is 0 Å². The lowest BCUT2D eigenvalue weighted by Crippen LogP contribution is -2.32. The Bertz CT molecular complexity index is 643. The Morgan fingerprint density at radius 2 is 2.14 bits per heavy atom. The smallest absolute Gasteiger partial charge is 0.244 e. The number of carbonyl (C=O) groups excluding carboxylic acids is 1. The average molecular weight is 312 g/mol. The van der Waals surface area contributed by atoms with Gasteiger partial charge in [-0.3, -0.25) is 4.79 Å². The summed E-state index contributed by atoms with van der Waals surface area (Å²) in [6.07, 6.45) is 1.29. The van der Waals surface area contributed by atoms with Crippen LogP contribution in [0.15, 0.2) is 23.1 Å². The molecule has 1 saturated heterocycles. The van der Waals surface area contributed by atoms with E-state index >= 15 is 0 Å². The second kappa shape index (κ2) is 5.90. The van der Waals surface area contributed by atoms with Crippen LogP contribution in [-0.4, -0.2) is 45.3 Å². The van der Waals surface area contributed by atoms with Crippen LogP contribution in [0, 0.1) is 0 Å². The maximum Gasteiger partial charge on any atom is 0.244 e. The second-order valence-electron chi connectivity index (χ2n) is 5.19. The van der Waals surface area contributed by atoms with Gasteiger partial charge in [-0.25, -0.2) is 12.7 Å². The van der Waals surface area contributed by atoms with Gasteiger partial charge in [0.25, 0.3) is 0 Å². The van der Waals surface area contributed by atoms with Crippen molar-refractivity contribution in [1.29, 1.82) is 0 Å². The summed E-state index contributed by atoms with van der Waals surface area (Å²) in [5.74, 6) is 0.0405. The van der Waals surface area contributed by atoms with Crippen molar-refractivity contribution in [3.8, 4) is 0 Å². The first-order chi connectivity index (χ1) is 9.82. The molecule has 1 aliphatic heterocycles. The number of nitrogens with zero attached hydrogens (tertiary/aromatic N) is 1. The Morgan fingerprint density at radius 1 is 1.43 bits per heavy atom. The zero-order valence-corrected chi connectivity index (χ0v) is 12.9. The zero-order valence-electron chi connectivity index (χ0n) is 12.1. The molecule has 0 saturated carbocycles. The van der Waals surface area contributed by atoms with E-state index in [-0.39, 0.29) is 22.5 Å². The van der Waals surface area contributed by atoms with Crippen LogP contribution in [-0.2, 0) is 14.8 Å². The first kappa shape index (κ1) is 15.6. The van der Waals surface area contributed by atoms with E-state index in [0.717, 1.165) is 10.7 Å². The largest absolute Gasteiger partial charge is 0.396 e. The fraction of sp³-hybridized carbons (Fsp3) is 0.462. The van der Waals surface area contributed by atoms with Crippen LogP contribution < -0.4 is 16.4 Å². The summed E-state index contributed by atoms with van der Waals surface area (Å²) in [5.41, 5.74) is 6.71. The normalized spacial score (nSPS) is 18.8. The molecule has 8 heteroatoms. The summed E-state index contributed by atoms with van der Waals surface area (Å²) in [4.78, 5) is 11.2. The molecule has 1 atom stereocenters. The topological polar surface area (TPSA) is 105 Å². The van der Waals surface area contributed by atoms with Gasteiger partial charge in [-0.05, 0) is 18.6 Å². The number of nitrogens with two attached hydrogens (primary N) is 1. The standard InChI is InChI=1S/C13H20N4O3S/c1-17(2)21(19,20)11-5-3-4-10(13(11)14)15-8-9-6-7-12(18)16-9/h3-5,9,15H,6-8,14H2,1-2H3,(H,16,18). The highest BCUT2D eigenvalue weighted by Crippen LogP contribution is 2.28. The molecular weight excluding hydrogens is 292 g/mol. The van der Waals surface area contributed by atoms with Crippen LogP contribution in [0.3, 0.4) is 0 Å². The van der Waals surface area contributed by atoms with E-state index < -0.39 is 10.0 Å². The van der Waals surface area contributed by atoms with Crippen molar-refractivity contribution in [2.75, 3.05) is 31.7 Å². The molecule has 1 aromatic rings. The van der Waals surface area contributed by atoms with E-state index in [0.29, 0.717) is 18.7 Å². The van der Waals surface area contributed by atoms with Gasteiger partial charge in [0.05, 0.1) is 11.4 Å². The van der Waals surface area contributed by atoms with Crippen LogP contribution in [0.1, 0.15) is 12.8 Å². The van der Waals surface area contributed by atoms with Gasteiger partial charge in [0.1, 0.15) is 4.90 Å². The lowest BCUT2D eigenvalue weighted by atomic mass is 10.2. The Kier molecular flexibility index (Phi) is 4.38. The maximum absolute atomic E-state index is 12.2. The fourth-order valence-corrected chi connectivity index (χ4v) is 3.22. The fourth-order valence-electron chi connectivity index (χ4n) is 2.18. The van der Waals surface area contributed by atoms with E-state index in [9.17, 15) is 13.2 Å². The highest BCUT2D eigenvalue weighted by atomic mass is 32.2. The van der Waals surface area contributed by atoms with Crippen molar-refractivity contribution in [2.24, 2.45) is 0 Å². The average Bonchev–Trinajstić information content (AvgIpc) is 2.83. The number of nitrogens with one attached hydrogen (secondary N) is 2. The number of hydrogen-bond donors (Lipinski definition) is 3. The molecule has 1 aliphatic rings. The van der Waals surface area contributed by atoms with Crippen LogP contribution in [0.5, 0.6) is 0 Å². The van der Waals surface area contributed by atoms with Crippen molar-refractivity contribution >= 4 is 27.3 Å². The van der Waals surface area contributed by atoms with Crippen LogP contribution in [0.4, 0.5) is 11.4 Å². The molecule has 4 N–H and O–H groups in total. The van der Waals surface area contributed by atoms with Gasteiger partial charge in [-0.1, -0.05) is 6.07 Å². The Labute approximate surface area is 124 Å². The summed E-state index contributed by atoms with van der Waals surface area (Å²) < 4.78 is 25.5. The van der Waals surface area contributed by atoms with Crippen LogP contribution in [0.25, 0.3) is 0 Å². The predicted octanol–water partition coefficient (Wildman–Crippen LogP) is 0.210. The van der Waals surface area contributed by atoms with Gasteiger partial charge in [0.2, 0.25) is 15.9 Å². The lowest BCUT2D eigenvalue weighted by Gasteiger charge is -2.18. The van der Waals surface area contributed by atoms with Crippen molar-refractivity contribution in [2.45, 2.75) is 23.8 Å². The molecule has 1 heterocycles. The highest BCUT2D eigenvalue weighted by molar-refractivity contribution is 7.89. The molecular formula is C13H20N4O3S. The quantitative estimate of drug-likeness (QED) is 0.674. The van der Waals surface area contributed by atoms with Crippen LogP contribution >= 0.6 is 0 Å². The van der Waals surface area contributed by atoms with Gasteiger partial charge in [-0.2, -0.15) is 0 Å². The Morgan fingerprint density at radius 3 is 2.71 bits per heavy atom. The summed E-state index contributed by atoms with van der Waals surface area (Å²) >= 11 is 0. The van der Waals surface area contributed by atoms with E-state index in [1.165, 1.54) is 20.2 Å². The van der Waals surface area contributed by atoms with E-state index in [2.05, 4.69) is 10.6 Å². The third kappa shape index (κ3) is 3.27. The maximum atomic E-state index is 12.2. The molecule has 0 aliphatic carbocycles. The Balaban J connectivity index is 2.16. The molecule has 1 aromatic carbocycles. The number of hydrogen-bond acceptors (Lipinski definition) is 5. The summed E-state index contributed by atoms with van der Waals surface area (Å²) in [6.45, 7) is 0.515. The molecule has 116 valence electrons. The third-order valence-corrected chi connectivity index (χ3v) is 5.32. The van der Waals surface area contributed by atoms with Gasteiger partial charge in [-0.15, -0.1) is 0 Å². The molecule has 0 radical (unpaired) electrons. The molecule has 1 amide bonds. The number of sulfonamides is 1. The minimum Gasteiger partial charge on any atom is -0.396 e. The number of nitrogen functional groups attached to an aromatic ring is 1. The molecule has 0 aromatic heterocycles. The van der Waals surface area contributed by atoms with E-state index in [1.54, 1.807) is 12.1 Å².